The molecule has 0 radical (unpaired) electrons. The lowest BCUT2D eigenvalue weighted by Gasteiger charge is -1.93. The maximum Gasteiger partial charge on any atom is 0.206 e. The molecule has 0 aliphatic rings. The topological polar surface area (TPSA) is 50.1 Å². The number of hydrogen-bond donors (Lipinski definition) is 1. The van der Waals surface area contributed by atoms with Crippen LogP contribution in [-0.4, -0.2) is 11.7 Å². The number of carbonyl (C=O) groups is 1. The molecule has 0 rings (SSSR count). The van der Waals surface area contributed by atoms with Crippen LogP contribution in [0.3, 0.4) is 0 Å². The van der Waals surface area contributed by atoms with Gasteiger partial charge in [0.25, 0.3) is 0 Å². The molecule has 0 saturated heterocycles. The standard InChI is InChI=1S/C6H7NO2/c1-3-9-6(7)4-5(2)8/h1,7H,4H2,2H3. The summed E-state index contributed by atoms with van der Waals surface area (Å²) in [6.45, 7) is 1.37. The summed E-state index contributed by atoms with van der Waals surface area (Å²) in [5, 5.41) is 6.83. The minimum Gasteiger partial charge on any atom is -0.393 e. The molecule has 1 N–H and O–H groups in total. The molecule has 0 spiro atoms. The molecule has 0 fully saturated rings. The summed E-state index contributed by atoms with van der Waals surface area (Å²) in [5.74, 6) is -0.305. The van der Waals surface area contributed by atoms with E-state index in [1.807, 2.05) is 0 Å². The van der Waals surface area contributed by atoms with E-state index < -0.39 is 0 Å². The average molecular weight is 125 g/mol. The third-order valence-electron chi connectivity index (χ3n) is 0.592. The third-order valence-corrected chi connectivity index (χ3v) is 0.592. The fraction of sp³-hybridized carbons (Fsp3) is 0.333. The van der Waals surface area contributed by atoms with Crippen LogP contribution >= 0.6 is 0 Å². The molecule has 0 aliphatic heterocycles. The molecule has 3 heteroatoms. The quantitative estimate of drug-likeness (QED) is 0.333. The molecule has 0 atom stereocenters. The van der Waals surface area contributed by atoms with Crippen LogP contribution in [0.1, 0.15) is 13.3 Å². The second-order valence-electron chi connectivity index (χ2n) is 1.52. The Kier molecular flexibility index (Phi) is 3.14. The summed E-state index contributed by atoms with van der Waals surface area (Å²) in [7, 11) is 0. The van der Waals surface area contributed by atoms with E-state index in [0.717, 1.165) is 0 Å². The normalized spacial score (nSPS) is 7.56. The van der Waals surface area contributed by atoms with E-state index in [0.29, 0.717) is 0 Å². The zero-order valence-electron chi connectivity index (χ0n) is 5.10. The van der Waals surface area contributed by atoms with Crippen molar-refractivity contribution in [1.29, 1.82) is 5.41 Å². The van der Waals surface area contributed by atoms with Gasteiger partial charge in [-0.2, -0.15) is 0 Å². The SMILES string of the molecule is C#COC(=N)CC(C)=O. The van der Waals surface area contributed by atoms with Gasteiger partial charge in [0.05, 0.1) is 6.42 Å². The monoisotopic (exact) mass is 125 g/mol. The Hall–Kier alpha value is -1.30. The Bertz CT molecular complexity index is 166. The van der Waals surface area contributed by atoms with Crippen LogP contribution in [-0.2, 0) is 9.53 Å². The molecule has 0 aromatic carbocycles. The minimum atomic E-state index is -0.176. The van der Waals surface area contributed by atoms with Crippen molar-refractivity contribution in [3.05, 3.63) is 0 Å². The summed E-state index contributed by atoms with van der Waals surface area (Å²) in [5.41, 5.74) is 0. The maximum atomic E-state index is 10.2. The first-order valence-electron chi connectivity index (χ1n) is 2.36. The third kappa shape index (κ3) is 4.56. The Morgan fingerprint density at radius 2 is 2.44 bits per heavy atom. The molecule has 3 nitrogen and oxygen atoms in total. The molecular formula is C6H7NO2. The summed E-state index contributed by atoms with van der Waals surface area (Å²) >= 11 is 0. The van der Waals surface area contributed by atoms with Gasteiger partial charge in [-0.1, -0.05) is 6.42 Å². The van der Waals surface area contributed by atoms with E-state index in [1.165, 1.54) is 6.92 Å². The van der Waals surface area contributed by atoms with Gasteiger partial charge in [-0.3, -0.25) is 10.2 Å². The average Bonchev–Trinajstić information content (AvgIpc) is 1.63. The molecule has 0 unspecified atom stereocenters. The number of terminal acetylenes is 1. The van der Waals surface area contributed by atoms with Gasteiger partial charge in [0.1, 0.15) is 11.9 Å². The van der Waals surface area contributed by atoms with Crippen LogP contribution in [0, 0.1) is 17.9 Å². The van der Waals surface area contributed by atoms with Gasteiger partial charge in [0.15, 0.2) is 0 Å². The first kappa shape index (κ1) is 7.70. The first-order chi connectivity index (χ1) is 4.16. The highest BCUT2D eigenvalue weighted by molar-refractivity contribution is 5.95. The van der Waals surface area contributed by atoms with E-state index in [4.69, 9.17) is 5.41 Å². The number of ether oxygens (including phenoxy) is 1. The highest BCUT2D eigenvalue weighted by Gasteiger charge is 1.99. The molecule has 0 bridgehead atoms. The van der Waals surface area contributed by atoms with E-state index in [2.05, 4.69) is 11.2 Å². The van der Waals surface area contributed by atoms with E-state index >= 15 is 0 Å². The second kappa shape index (κ2) is 3.67. The molecule has 0 saturated carbocycles. The Morgan fingerprint density at radius 1 is 1.89 bits per heavy atom. The van der Waals surface area contributed by atoms with Crippen LogP contribution in [0.4, 0.5) is 0 Å². The van der Waals surface area contributed by atoms with Crippen molar-refractivity contribution in [2.24, 2.45) is 0 Å². The molecule has 0 aromatic rings. The summed E-state index contributed by atoms with van der Waals surface area (Å²) in [6.07, 6.45) is 6.45. The fourth-order valence-electron chi connectivity index (χ4n) is 0.333. The van der Waals surface area contributed by atoms with Gasteiger partial charge >= 0.3 is 0 Å². The van der Waals surface area contributed by atoms with Crippen molar-refractivity contribution in [3.8, 4) is 12.5 Å². The van der Waals surface area contributed by atoms with Gasteiger partial charge in [-0.05, 0) is 6.92 Å². The molecule has 0 aliphatic carbocycles. The largest absolute Gasteiger partial charge is 0.393 e. The lowest BCUT2D eigenvalue weighted by molar-refractivity contribution is -0.116. The molecule has 48 valence electrons. The Balaban J connectivity index is 3.54. The zero-order valence-corrected chi connectivity index (χ0v) is 5.10. The van der Waals surface area contributed by atoms with Crippen molar-refractivity contribution in [1.82, 2.24) is 0 Å². The molecule has 0 aromatic heterocycles. The number of rotatable bonds is 2. The summed E-state index contributed by atoms with van der Waals surface area (Å²) in [6, 6.07) is 0. The highest BCUT2D eigenvalue weighted by Crippen LogP contribution is 1.85. The van der Waals surface area contributed by atoms with Crippen LogP contribution in [0.2, 0.25) is 0 Å². The Labute approximate surface area is 53.5 Å². The predicted octanol–water partition coefficient (Wildman–Crippen LogP) is 0.550. The molecule has 9 heavy (non-hydrogen) atoms. The molecule has 0 amide bonds. The van der Waals surface area contributed by atoms with Gasteiger partial charge in [-0.15, -0.1) is 0 Å². The van der Waals surface area contributed by atoms with Crippen molar-refractivity contribution in [2.45, 2.75) is 13.3 Å². The first-order valence-corrected chi connectivity index (χ1v) is 2.36. The minimum absolute atomic E-state index is 0.0236. The fourth-order valence-corrected chi connectivity index (χ4v) is 0.333. The van der Waals surface area contributed by atoms with Crippen LogP contribution in [0.25, 0.3) is 0 Å². The summed E-state index contributed by atoms with van der Waals surface area (Å²) < 4.78 is 4.24. The second-order valence-corrected chi connectivity index (χ2v) is 1.52. The number of hydrogen-bond acceptors (Lipinski definition) is 3. The lowest BCUT2D eigenvalue weighted by atomic mass is 10.3. The van der Waals surface area contributed by atoms with Crippen molar-refractivity contribution >= 4 is 11.7 Å². The van der Waals surface area contributed by atoms with E-state index in [-0.39, 0.29) is 18.1 Å². The summed E-state index contributed by atoms with van der Waals surface area (Å²) in [4.78, 5) is 10.2. The van der Waals surface area contributed by atoms with Gasteiger partial charge in [-0.25, -0.2) is 0 Å². The predicted molar refractivity (Wildman–Crippen MR) is 32.9 cm³/mol. The number of ketones is 1. The van der Waals surface area contributed by atoms with Gasteiger partial charge in [0, 0.05) is 0 Å². The Morgan fingerprint density at radius 3 is 2.78 bits per heavy atom. The lowest BCUT2D eigenvalue weighted by Crippen LogP contribution is -2.03. The van der Waals surface area contributed by atoms with Crippen molar-refractivity contribution in [3.63, 3.8) is 0 Å². The van der Waals surface area contributed by atoms with E-state index in [9.17, 15) is 4.79 Å². The van der Waals surface area contributed by atoms with Crippen LogP contribution < -0.4 is 0 Å². The molecular weight excluding hydrogens is 118 g/mol. The van der Waals surface area contributed by atoms with Gasteiger partial charge in [0.2, 0.25) is 5.90 Å². The zero-order chi connectivity index (χ0) is 7.28. The maximum absolute atomic E-state index is 10.2. The van der Waals surface area contributed by atoms with Gasteiger partial charge < -0.3 is 4.74 Å². The van der Waals surface area contributed by atoms with Crippen LogP contribution in [0.5, 0.6) is 0 Å². The highest BCUT2D eigenvalue weighted by atomic mass is 16.5. The number of Topliss-reactive ketones (excluding diaryl/α,β-unsaturated/α-hetero) is 1. The number of nitrogens with one attached hydrogen (secondary N) is 1. The van der Waals surface area contributed by atoms with Crippen molar-refractivity contribution in [2.75, 3.05) is 0 Å². The number of carbonyl (C=O) groups excluding carboxylic acids is 1. The molecule has 0 heterocycles. The van der Waals surface area contributed by atoms with Crippen LogP contribution in [0.15, 0.2) is 0 Å². The van der Waals surface area contributed by atoms with Crippen molar-refractivity contribution < 1.29 is 9.53 Å². The smallest absolute Gasteiger partial charge is 0.206 e. The van der Waals surface area contributed by atoms with E-state index in [1.54, 1.807) is 6.11 Å².